The summed E-state index contributed by atoms with van der Waals surface area (Å²) in [5.41, 5.74) is 1.30. The van der Waals surface area contributed by atoms with Crippen molar-refractivity contribution in [2.75, 3.05) is 13.1 Å². The van der Waals surface area contributed by atoms with Crippen molar-refractivity contribution in [3.05, 3.63) is 35.9 Å². The Morgan fingerprint density at radius 1 is 1.22 bits per heavy atom. The van der Waals surface area contributed by atoms with Gasteiger partial charge < -0.3 is 5.32 Å². The van der Waals surface area contributed by atoms with Gasteiger partial charge in [-0.1, -0.05) is 36.8 Å². The van der Waals surface area contributed by atoms with Crippen LogP contribution < -0.4 is 5.32 Å². The second-order valence-electron chi connectivity index (χ2n) is 5.40. The average molecular weight is 244 g/mol. The fourth-order valence-corrected chi connectivity index (χ4v) is 3.15. The molecule has 3 nitrogen and oxygen atoms in total. The van der Waals surface area contributed by atoms with Gasteiger partial charge in [-0.2, -0.15) is 0 Å². The van der Waals surface area contributed by atoms with Crippen LogP contribution in [0.3, 0.4) is 0 Å². The monoisotopic (exact) mass is 244 g/mol. The molecule has 1 amide bonds. The molecule has 0 spiro atoms. The van der Waals surface area contributed by atoms with Crippen LogP contribution in [-0.2, 0) is 11.2 Å². The zero-order chi connectivity index (χ0) is 12.4. The van der Waals surface area contributed by atoms with E-state index in [4.69, 9.17) is 0 Å². The summed E-state index contributed by atoms with van der Waals surface area (Å²) in [7, 11) is 0. The maximum absolute atomic E-state index is 12.1. The highest BCUT2D eigenvalue weighted by molar-refractivity contribution is 5.83. The van der Waals surface area contributed by atoms with Crippen molar-refractivity contribution in [1.29, 1.82) is 0 Å². The average Bonchev–Trinajstić information content (AvgIpc) is 2.40. The molecule has 2 heterocycles. The van der Waals surface area contributed by atoms with E-state index in [1.807, 2.05) is 6.07 Å². The third kappa shape index (κ3) is 2.41. The Hall–Kier alpha value is -1.35. The normalized spacial score (nSPS) is 28.6. The molecule has 0 aromatic heterocycles. The van der Waals surface area contributed by atoms with Gasteiger partial charge in [0.15, 0.2) is 0 Å². The first-order chi connectivity index (χ1) is 8.83. The van der Waals surface area contributed by atoms with Crippen molar-refractivity contribution in [3.8, 4) is 0 Å². The molecule has 2 aliphatic heterocycles. The molecule has 0 aliphatic carbocycles. The summed E-state index contributed by atoms with van der Waals surface area (Å²) in [6.07, 6.45) is 4.40. The van der Waals surface area contributed by atoms with Gasteiger partial charge in [0.2, 0.25) is 5.91 Å². The van der Waals surface area contributed by atoms with Crippen LogP contribution in [0.5, 0.6) is 0 Å². The molecule has 1 N–H and O–H groups in total. The van der Waals surface area contributed by atoms with E-state index in [0.29, 0.717) is 0 Å². The van der Waals surface area contributed by atoms with Crippen molar-refractivity contribution in [3.63, 3.8) is 0 Å². The molecule has 0 bridgehead atoms. The predicted molar refractivity (Wildman–Crippen MR) is 71.3 cm³/mol. The van der Waals surface area contributed by atoms with Gasteiger partial charge in [-0.05, 0) is 31.4 Å². The highest BCUT2D eigenvalue weighted by Crippen LogP contribution is 2.21. The molecule has 2 aliphatic rings. The molecule has 0 unspecified atom stereocenters. The van der Waals surface area contributed by atoms with Gasteiger partial charge in [0.1, 0.15) is 0 Å². The minimum atomic E-state index is 0.144. The molecular formula is C15H20N2O. The third-order valence-electron chi connectivity index (χ3n) is 4.04. The van der Waals surface area contributed by atoms with Crippen molar-refractivity contribution in [1.82, 2.24) is 10.2 Å². The van der Waals surface area contributed by atoms with E-state index >= 15 is 0 Å². The molecule has 0 radical (unpaired) electrons. The van der Waals surface area contributed by atoms with Crippen LogP contribution in [0.15, 0.2) is 30.3 Å². The molecule has 2 atom stereocenters. The van der Waals surface area contributed by atoms with Gasteiger partial charge in [-0.25, -0.2) is 0 Å². The quantitative estimate of drug-likeness (QED) is 0.856. The molecule has 1 aromatic rings. The maximum Gasteiger partial charge on any atom is 0.237 e. The van der Waals surface area contributed by atoms with Gasteiger partial charge in [0.05, 0.1) is 6.04 Å². The predicted octanol–water partition coefficient (Wildman–Crippen LogP) is 1.58. The van der Waals surface area contributed by atoms with Crippen molar-refractivity contribution < 1.29 is 4.79 Å². The van der Waals surface area contributed by atoms with E-state index in [1.54, 1.807) is 0 Å². The molecule has 2 fully saturated rings. The lowest BCUT2D eigenvalue weighted by Crippen LogP contribution is -2.61. The van der Waals surface area contributed by atoms with Crippen molar-refractivity contribution >= 4 is 5.91 Å². The van der Waals surface area contributed by atoms with E-state index in [0.717, 1.165) is 25.9 Å². The summed E-state index contributed by atoms with van der Waals surface area (Å²) in [6, 6.07) is 10.8. The molecule has 3 rings (SSSR count). The second-order valence-corrected chi connectivity index (χ2v) is 5.40. The Balaban J connectivity index is 1.66. The number of piperidine rings is 1. The van der Waals surface area contributed by atoms with Gasteiger partial charge in [0.25, 0.3) is 0 Å². The first-order valence-corrected chi connectivity index (χ1v) is 6.91. The first-order valence-electron chi connectivity index (χ1n) is 6.91. The number of amides is 1. The lowest BCUT2D eigenvalue weighted by molar-refractivity contribution is -0.132. The second kappa shape index (κ2) is 5.11. The summed E-state index contributed by atoms with van der Waals surface area (Å²) in [5.74, 6) is 0.238. The van der Waals surface area contributed by atoms with Crippen LogP contribution >= 0.6 is 0 Å². The highest BCUT2D eigenvalue weighted by Gasteiger charge is 2.35. The zero-order valence-electron chi connectivity index (χ0n) is 10.6. The zero-order valence-corrected chi connectivity index (χ0v) is 10.6. The minimum absolute atomic E-state index is 0.144. The number of benzene rings is 1. The first kappa shape index (κ1) is 11.7. The van der Waals surface area contributed by atoms with Gasteiger partial charge in [-0.3, -0.25) is 9.69 Å². The summed E-state index contributed by atoms with van der Waals surface area (Å²) in [4.78, 5) is 14.4. The third-order valence-corrected chi connectivity index (χ3v) is 4.04. The van der Waals surface area contributed by atoms with Crippen LogP contribution in [0, 0.1) is 0 Å². The lowest BCUT2D eigenvalue weighted by atomic mass is 9.95. The number of piperazine rings is 1. The van der Waals surface area contributed by atoms with Gasteiger partial charge in [-0.15, -0.1) is 0 Å². The molecule has 2 saturated heterocycles. The smallest absolute Gasteiger partial charge is 0.237 e. The largest absolute Gasteiger partial charge is 0.350 e. The number of hydrogen-bond donors (Lipinski definition) is 1. The number of fused-ring (bicyclic) bond motifs is 1. The van der Waals surface area contributed by atoms with Gasteiger partial charge >= 0.3 is 0 Å². The lowest BCUT2D eigenvalue weighted by Gasteiger charge is -2.42. The Kier molecular flexibility index (Phi) is 3.33. The summed E-state index contributed by atoms with van der Waals surface area (Å²) < 4.78 is 0. The van der Waals surface area contributed by atoms with Crippen LogP contribution in [-0.4, -0.2) is 36.0 Å². The number of carbonyl (C=O) groups excluding carboxylic acids is 1. The Bertz CT molecular complexity index is 418. The molecule has 3 heteroatoms. The molecule has 96 valence electrons. The van der Waals surface area contributed by atoms with Crippen LogP contribution in [0.1, 0.15) is 24.8 Å². The van der Waals surface area contributed by atoms with E-state index in [9.17, 15) is 4.79 Å². The summed E-state index contributed by atoms with van der Waals surface area (Å²) in [6.45, 7) is 2.09. The molecule has 0 saturated carbocycles. The van der Waals surface area contributed by atoms with Crippen molar-refractivity contribution in [2.45, 2.75) is 37.8 Å². The Labute approximate surface area is 108 Å². The SMILES string of the molecule is O=C1N[C@@H](Cc2ccccc2)CN2CCCC[C@@H]12. The molecule has 18 heavy (non-hydrogen) atoms. The number of rotatable bonds is 2. The maximum atomic E-state index is 12.1. The fraction of sp³-hybridized carbons (Fsp3) is 0.533. The molecule has 1 aromatic carbocycles. The highest BCUT2D eigenvalue weighted by atomic mass is 16.2. The minimum Gasteiger partial charge on any atom is -0.350 e. The summed E-state index contributed by atoms with van der Waals surface area (Å²) in [5, 5.41) is 3.18. The number of carbonyl (C=O) groups is 1. The number of hydrogen-bond acceptors (Lipinski definition) is 2. The Morgan fingerprint density at radius 2 is 2.06 bits per heavy atom. The van der Waals surface area contributed by atoms with Crippen LogP contribution in [0.25, 0.3) is 0 Å². The number of nitrogens with zero attached hydrogens (tertiary/aromatic N) is 1. The van der Waals surface area contributed by atoms with E-state index < -0.39 is 0 Å². The molecular weight excluding hydrogens is 224 g/mol. The van der Waals surface area contributed by atoms with Crippen LogP contribution in [0.2, 0.25) is 0 Å². The van der Waals surface area contributed by atoms with Crippen molar-refractivity contribution in [2.24, 2.45) is 0 Å². The standard InChI is InChI=1S/C15H20N2O/c18-15-14-8-4-5-9-17(14)11-13(16-15)10-12-6-2-1-3-7-12/h1-3,6-7,13-14H,4-5,8-11H2,(H,16,18)/t13-,14-/m0/s1. The Morgan fingerprint density at radius 3 is 2.89 bits per heavy atom. The number of nitrogens with one attached hydrogen (secondary N) is 1. The van der Waals surface area contributed by atoms with Gasteiger partial charge in [0, 0.05) is 12.6 Å². The van der Waals surface area contributed by atoms with Crippen LogP contribution in [0.4, 0.5) is 0 Å². The van der Waals surface area contributed by atoms with E-state index in [-0.39, 0.29) is 18.0 Å². The van der Waals surface area contributed by atoms with E-state index in [2.05, 4.69) is 34.5 Å². The topological polar surface area (TPSA) is 32.3 Å². The fourth-order valence-electron chi connectivity index (χ4n) is 3.15. The van der Waals surface area contributed by atoms with E-state index in [1.165, 1.54) is 18.4 Å². The summed E-state index contributed by atoms with van der Waals surface area (Å²) >= 11 is 0.